The minimum atomic E-state index is -0.985. The highest BCUT2D eigenvalue weighted by Gasteiger charge is 2.33. The molecule has 7 heteroatoms. The molecule has 0 amide bonds. The third kappa shape index (κ3) is 3.41. The van der Waals surface area contributed by atoms with Crippen LogP contribution in [0, 0.1) is 0 Å². The van der Waals surface area contributed by atoms with Crippen LogP contribution in [0.1, 0.15) is 44.4 Å². The smallest absolute Gasteiger partial charge is 0.241 e. The van der Waals surface area contributed by atoms with Crippen molar-refractivity contribution in [2.45, 2.75) is 18.9 Å². The SMILES string of the molecule is O=C(C(=O)c1c(O)cc(O)c2c1OC(c1ccc(O)cc1)CC2)c1ccc(O)cc1. The molecule has 0 fully saturated rings. The number of ketones is 2. The Morgan fingerprint density at radius 2 is 1.40 bits per heavy atom. The fraction of sp³-hybridized carbons (Fsp3) is 0.130. The second-order valence-electron chi connectivity index (χ2n) is 7.04. The number of phenolic OH excluding ortho intramolecular Hbond substituents is 4. The molecule has 0 saturated carbocycles. The molecular formula is C23H18O7. The Balaban J connectivity index is 1.74. The maximum atomic E-state index is 13.0. The largest absolute Gasteiger partial charge is 0.508 e. The summed E-state index contributed by atoms with van der Waals surface area (Å²) in [5.74, 6) is -2.64. The van der Waals surface area contributed by atoms with E-state index in [1.165, 1.54) is 36.4 Å². The average molecular weight is 406 g/mol. The molecule has 1 heterocycles. The second-order valence-corrected chi connectivity index (χ2v) is 7.04. The summed E-state index contributed by atoms with van der Waals surface area (Å²) in [7, 11) is 0. The molecule has 4 rings (SSSR count). The number of rotatable bonds is 4. The summed E-state index contributed by atoms with van der Waals surface area (Å²) in [6, 6.07) is 12.6. The normalized spacial score (nSPS) is 15.1. The van der Waals surface area contributed by atoms with E-state index in [9.17, 15) is 30.0 Å². The number of benzene rings is 3. The van der Waals surface area contributed by atoms with E-state index in [0.29, 0.717) is 18.4 Å². The first kappa shape index (κ1) is 19.3. The molecule has 4 N–H and O–H groups in total. The van der Waals surface area contributed by atoms with E-state index >= 15 is 0 Å². The fourth-order valence-corrected chi connectivity index (χ4v) is 3.52. The maximum absolute atomic E-state index is 13.0. The van der Waals surface area contributed by atoms with E-state index in [4.69, 9.17) is 4.74 Å². The van der Waals surface area contributed by atoms with Gasteiger partial charge in [-0.15, -0.1) is 0 Å². The number of phenols is 4. The van der Waals surface area contributed by atoms with Gasteiger partial charge in [0.15, 0.2) is 0 Å². The van der Waals surface area contributed by atoms with Crippen LogP contribution in [-0.2, 0) is 6.42 Å². The first-order valence-corrected chi connectivity index (χ1v) is 9.26. The minimum absolute atomic E-state index is 0.0334. The number of aromatic hydroxyl groups is 4. The molecule has 3 aromatic carbocycles. The number of Topliss-reactive ketones (excluding diaryl/α,β-unsaturated/α-hetero) is 2. The van der Waals surface area contributed by atoms with Gasteiger partial charge in [0.2, 0.25) is 11.6 Å². The van der Waals surface area contributed by atoms with Crippen molar-refractivity contribution in [2.75, 3.05) is 0 Å². The molecule has 30 heavy (non-hydrogen) atoms. The zero-order valence-electron chi connectivity index (χ0n) is 15.7. The summed E-state index contributed by atoms with van der Waals surface area (Å²) in [5.41, 5.74) is 0.809. The van der Waals surface area contributed by atoms with E-state index in [-0.39, 0.29) is 34.1 Å². The highest BCUT2D eigenvalue weighted by molar-refractivity contribution is 6.50. The average Bonchev–Trinajstić information content (AvgIpc) is 2.74. The first-order valence-electron chi connectivity index (χ1n) is 9.26. The highest BCUT2D eigenvalue weighted by Crippen LogP contribution is 2.45. The van der Waals surface area contributed by atoms with E-state index < -0.39 is 23.4 Å². The van der Waals surface area contributed by atoms with E-state index in [2.05, 4.69) is 0 Å². The lowest BCUT2D eigenvalue weighted by Crippen LogP contribution is -2.21. The number of ether oxygens (including phenoxy) is 1. The van der Waals surface area contributed by atoms with Gasteiger partial charge in [0.05, 0.1) is 0 Å². The molecule has 1 unspecified atom stereocenters. The van der Waals surface area contributed by atoms with Gasteiger partial charge in [-0.25, -0.2) is 0 Å². The maximum Gasteiger partial charge on any atom is 0.241 e. The van der Waals surface area contributed by atoms with Gasteiger partial charge in [-0.1, -0.05) is 12.1 Å². The van der Waals surface area contributed by atoms with Crippen LogP contribution in [-0.4, -0.2) is 32.0 Å². The van der Waals surface area contributed by atoms with Crippen molar-refractivity contribution in [1.29, 1.82) is 0 Å². The predicted molar refractivity (Wildman–Crippen MR) is 106 cm³/mol. The van der Waals surface area contributed by atoms with Crippen molar-refractivity contribution < 1.29 is 34.8 Å². The predicted octanol–water partition coefficient (Wildman–Crippen LogP) is 3.64. The van der Waals surface area contributed by atoms with Crippen molar-refractivity contribution in [2.24, 2.45) is 0 Å². The molecule has 0 aromatic heterocycles. The van der Waals surface area contributed by atoms with Gasteiger partial charge in [0.25, 0.3) is 0 Å². The van der Waals surface area contributed by atoms with E-state index in [1.54, 1.807) is 12.1 Å². The van der Waals surface area contributed by atoms with Gasteiger partial charge in [-0.05, 0) is 54.8 Å². The summed E-state index contributed by atoms with van der Waals surface area (Å²) in [6.07, 6.45) is 0.366. The van der Waals surface area contributed by atoms with Gasteiger partial charge in [0, 0.05) is 17.2 Å². The van der Waals surface area contributed by atoms with Crippen molar-refractivity contribution >= 4 is 11.6 Å². The first-order chi connectivity index (χ1) is 14.3. The highest BCUT2D eigenvalue weighted by atomic mass is 16.5. The molecule has 0 bridgehead atoms. The fourth-order valence-electron chi connectivity index (χ4n) is 3.52. The third-order valence-electron chi connectivity index (χ3n) is 5.08. The van der Waals surface area contributed by atoms with E-state index in [1.807, 2.05) is 0 Å². The molecule has 1 aliphatic heterocycles. The second kappa shape index (κ2) is 7.44. The molecule has 3 aromatic rings. The van der Waals surface area contributed by atoms with Crippen LogP contribution in [0.4, 0.5) is 0 Å². The Morgan fingerprint density at radius 1 is 0.800 bits per heavy atom. The quantitative estimate of drug-likeness (QED) is 0.385. The zero-order valence-corrected chi connectivity index (χ0v) is 15.7. The lowest BCUT2D eigenvalue weighted by atomic mass is 9.91. The standard InChI is InChI=1S/C23H18O7/c24-14-5-1-12(2-6-14)19-10-9-16-17(26)11-18(27)20(23(16)30-19)22(29)21(28)13-3-7-15(25)8-4-13/h1-8,11,19,24-27H,9-10H2. The molecule has 7 nitrogen and oxygen atoms in total. The van der Waals surface area contributed by atoms with Crippen LogP contribution < -0.4 is 4.74 Å². The topological polar surface area (TPSA) is 124 Å². The molecule has 152 valence electrons. The zero-order chi connectivity index (χ0) is 21.4. The summed E-state index contributed by atoms with van der Waals surface area (Å²) in [6.45, 7) is 0. The molecule has 0 saturated heterocycles. The van der Waals surface area contributed by atoms with Crippen molar-refractivity contribution in [1.82, 2.24) is 0 Å². The molecule has 0 spiro atoms. The third-order valence-corrected chi connectivity index (χ3v) is 5.08. The monoisotopic (exact) mass is 406 g/mol. The number of carbonyl (C=O) groups excluding carboxylic acids is 2. The molecular weight excluding hydrogens is 388 g/mol. The van der Waals surface area contributed by atoms with Gasteiger partial charge in [0.1, 0.15) is 40.4 Å². The van der Waals surface area contributed by atoms with Crippen LogP contribution in [0.5, 0.6) is 28.7 Å². The Bertz CT molecular complexity index is 1130. The van der Waals surface area contributed by atoms with Crippen LogP contribution in [0.15, 0.2) is 54.6 Å². The molecule has 0 radical (unpaired) electrons. The van der Waals surface area contributed by atoms with Crippen LogP contribution >= 0.6 is 0 Å². The summed E-state index contributed by atoms with van der Waals surface area (Å²) >= 11 is 0. The number of hydrogen-bond donors (Lipinski definition) is 4. The molecule has 1 aliphatic rings. The lowest BCUT2D eigenvalue weighted by Gasteiger charge is -2.28. The molecule has 0 aliphatic carbocycles. The van der Waals surface area contributed by atoms with Crippen LogP contribution in [0.25, 0.3) is 0 Å². The molecule has 1 atom stereocenters. The van der Waals surface area contributed by atoms with Gasteiger partial charge >= 0.3 is 0 Å². The van der Waals surface area contributed by atoms with Crippen molar-refractivity contribution in [3.05, 3.63) is 76.9 Å². The number of hydrogen-bond acceptors (Lipinski definition) is 7. The summed E-state index contributed by atoms with van der Waals surface area (Å²) in [4.78, 5) is 25.6. The lowest BCUT2D eigenvalue weighted by molar-refractivity contribution is 0.0808. The Hall–Kier alpha value is -4.00. The Labute approximate surface area is 171 Å². The Kier molecular flexibility index (Phi) is 4.79. The minimum Gasteiger partial charge on any atom is -0.508 e. The van der Waals surface area contributed by atoms with Gasteiger partial charge in [-0.2, -0.15) is 0 Å². The number of fused-ring (bicyclic) bond motifs is 1. The van der Waals surface area contributed by atoms with Crippen LogP contribution in [0.2, 0.25) is 0 Å². The van der Waals surface area contributed by atoms with Crippen molar-refractivity contribution in [3.63, 3.8) is 0 Å². The van der Waals surface area contributed by atoms with Crippen molar-refractivity contribution in [3.8, 4) is 28.7 Å². The van der Waals surface area contributed by atoms with Crippen LogP contribution in [0.3, 0.4) is 0 Å². The van der Waals surface area contributed by atoms with E-state index in [0.717, 1.165) is 11.6 Å². The summed E-state index contributed by atoms with van der Waals surface area (Å²) in [5, 5.41) is 39.5. The van der Waals surface area contributed by atoms with Gasteiger partial charge in [-0.3, -0.25) is 9.59 Å². The van der Waals surface area contributed by atoms with Gasteiger partial charge < -0.3 is 25.2 Å². The number of carbonyl (C=O) groups is 2. The Morgan fingerprint density at radius 3 is 2.03 bits per heavy atom. The summed E-state index contributed by atoms with van der Waals surface area (Å²) < 4.78 is 5.96.